The number of ketones is 1. The average Bonchev–Trinajstić information content (AvgIpc) is 3.36. The lowest BCUT2D eigenvalue weighted by atomic mass is 9.95. The van der Waals surface area contributed by atoms with Crippen LogP contribution in [0.1, 0.15) is 17.2 Å². The number of aliphatic hydroxyl groups excluding tert-OH is 1. The second-order valence-corrected chi connectivity index (χ2v) is 8.37. The fourth-order valence-electron chi connectivity index (χ4n) is 3.27. The first-order valence-corrected chi connectivity index (χ1v) is 11.0. The molecule has 0 radical (unpaired) electrons. The summed E-state index contributed by atoms with van der Waals surface area (Å²) < 4.78 is 5.88. The van der Waals surface area contributed by atoms with Crippen LogP contribution in [0.5, 0.6) is 5.75 Å². The van der Waals surface area contributed by atoms with Gasteiger partial charge in [-0.25, -0.2) is 0 Å². The summed E-state index contributed by atoms with van der Waals surface area (Å²) in [5, 5.41) is 19.4. The Morgan fingerprint density at radius 2 is 1.80 bits per heavy atom. The predicted molar refractivity (Wildman–Crippen MR) is 116 cm³/mol. The van der Waals surface area contributed by atoms with E-state index < -0.39 is 17.7 Å². The van der Waals surface area contributed by atoms with Gasteiger partial charge in [-0.15, -0.1) is 10.2 Å². The molecule has 1 saturated heterocycles. The zero-order valence-electron chi connectivity index (χ0n) is 16.1. The molecule has 1 N–H and O–H groups in total. The number of aliphatic hydroxyl groups is 1. The number of aromatic nitrogens is 2. The number of anilines is 1. The van der Waals surface area contributed by atoms with E-state index in [-0.39, 0.29) is 11.3 Å². The fourth-order valence-corrected chi connectivity index (χ4v) is 4.55. The number of hydrogen-bond acceptors (Lipinski definition) is 8. The minimum Gasteiger partial charge on any atom is -0.507 e. The van der Waals surface area contributed by atoms with Gasteiger partial charge < -0.3 is 9.84 Å². The van der Waals surface area contributed by atoms with Crippen molar-refractivity contribution in [2.75, 3.05) is 18.3 Å². The van der Waals surface area contributed by atoms with Gasteiger partial charge in [0.25, 0.3) is 5.78 Å². The molecule has 1 aliphatic heterocycles. The lowest BCUT2D eigenvalue weighted by molar-refractivity contribution is -0.132. The van der Waals surface area contributed by atoms with E-state index in [9.17, 15) is 14.7 Å². The lowest BCUT2D eigenvalue weighted by Gasteiger charge is -2.22. The number of methoxy groups -OCH3 is 1. The molecule has 0 spiro atoms. The Morgan fingerprint density at radius 1 is 1.10 bits per heavy atom. The zero-order valence-corrected chi connectivity index (χ0v) is 17.7. The molecule has 3 aromatic rings. The largest absolute Gasteiger partial charge is 0.507 e. The van der Waals surface area contributed by atoms with Crippen molar-refractivity contribution in [3.8, 4) is 5.75 Å². The van der Waals surface area contributed by atoms with Gasteiger partial charge in [0, 0.05) is 5.56 Å². The van der Waals surface area contributed by atoms with Crippen LogP contribution in [0, 0.1) is 0 Å². The van der Waals surface area contributed by atoms with E-state index in [1.165, 1.54) is 28.0 Å². The maximum absolute atomic E-state index is 13.0. The summed E-state index contributed by atoms with van der Waals surface area (Å²) in [6.45, 7) is 0. The van der Waals surface area contributed by atoms with Gasteiger partial charge in [-0.1, -0.05) is 65.6 Å². The van der Waals surface area contributed by atoms with Crippen LogP contribution in [0.15, 0.2) is 64.5 Å². The summed E-state index contributed by atoms with van der Waals surface area (Å²) in [6, 6.07) is 14.9. The third-order valence-corrected chi connectivity index (χ3v) is 6.60. The first kappa shape index (κ1) is 20.1. The predicted octanol–water partition coefficient (Wildman–Crippen LogP) is 3.89. The minimum absolute atomic E-state index is 0.0114. The molecular weight excluding hydrogens is 422 g/mol. The molecule has 2 aromatic carbocycles. The number of Topliss-reactive ketones (excluding diaryl/α,β-unsaturated/α-hetero) is 1. The van der Waals surface area contributed by atoms with E-state index in [1.807, 2.05) is 12.3 Å². The molecular formula is C21H17N3O4S2. The van der Waals surface area contributed by atoms with Crippen molar-refractivity contribution in [3.63, 3.8) is 0 Å². The Hall–Kier alpha value is -3.17. The Bertz CT molecular complexity index is 1130. The highest BCUT2D eigenvalue weighted by Gasteiger charge is 2.48. The second-order valence-electron chi connectivity index (χ2n) is 6.36. The van der Waals surface area contributed by atoms with Crippen molar-refractivity contribution in [3.05, 3.63) is 71.3 Å². The van der Waals surface area contributed by atoms with Crippen LogP contribution >= 0.6 is 23.1 Å². The van der Waals surface area contributed by atoms with Crippen LogP contribution < -0.4 is 9.64 Å². The highest BCUT2D eigenvalue weighted by Crippen LogP contribution is 2.43. The number of carbonyl (C=O) groups excluding carboxylic acids is 2. The number of benzene rings is 2. The molecule has 9 heteroatoms. The summed E-state index contributed by atoms with van der Waals surface area (Å²) in [4.78, 5) is 27.3. The fraction of sp³-hybridized carbons (Fsp3) is 0.143. The molecule has 1 atom stereocenters. The first-order valence-electron chi connectivity index (χ1n) is 8.93. The number of amides is 1. The van der Waals surface area contributed by atoms with Crippen LogP contribution in [0.2, 0.25) is 0 Å². The number of thioether (sulfide) groups is 1. The van der Waals surface area contributed by atoms with E-state index in [2.05, 4.69) is 10.2 Å². The van der Waals surface area contributed by atoms with Gasteiger partial charge in [0.2, 0.25) is 5.13 Å². The Morgan fingerprint density at radius 3 is 2.40 bits per heavy atom. The number of hydrogen-bond donors (Lipinski definition) is 1. The van der Waals surface area contributed by atoms with E-state index in [0.717, 1.165) is 0 Å². The first-order chi connectivity index (χ1) is 14.5. The standard InChI is InChI=1S/C21H17N3O4S2/c1-28-14-10-8-12(9-11-14)16-15(17(25)13-6-4-3-5-7-13)18(26)19(27)24(16)20-22-23-21(29-2)30-20/h3-11,16,25H,1-2H3/b17-15+/t16-/m0/s1. The number of rotatable bonds is 5. The number of nitrogens with zero attached hydrogens (tertiary/aromatic N) is 3. The highest BCUT2D eigenvalue weighted by molar-refractivity contribution is 8.00. The maximum Gasteiger partial charge on any atom is 0.301 e. The molecule has 1 aromatic heterocycles. The van der Waals surface area contributed by atoms with Crippen molar-refractivity contribution < 1.29 is 19.4 Å². The molecule has 1 amide bonds. The normalized spacial score (nSPS) is 18.1. The smallest absolute Gasteiger partial charge is 0.301 e. The van der Waals surface area contributed by atoms with Gasteiger partial charge in [0.1, 0.15) is 11.5 Å². The topological polar surface area (TPSA) is 92.6 Å². The van der Waals surface area contributed by atoms with Gasteiger partial charge in [0.15, 0.2) is 4.34 Å². The lowest BCUT2D eigenvalue weighted by Crippen LogP contribution is -2.29. The second kappa shape index (κ2) is 8.29. The number of ether oxygens (including phenoxy) is 1. The molecule has 0 bridgehead atoms. The quantitative estimate of drug-likeness (QED) is 0.212. The molecule has 0 unspecified atom stereocenters. The molecule has 0 aliphatic carbocycles. The maximum atomic E-state index is 13.0. The molecule has 0 saturated carbocycles. The van der Waals surface area contributed by atoms with Gasteiger partial charge in [0.05, 0.1) is 18.7 Å². The Balaban J connectivity index is 1.91. The van der Waals surface area contributed by atoms with Crippen molar-refractivity contribution in [1.82, 2.24) is 10.2 Å². The molecule has 7 nitrogen and oxygen atoms in total. The van der Waals surface area contributed by atoms with Crippen LogP contribution in [0.4, 0.5) is 5.13 Å². The Kier molecular flexibility index (Phi) is 5.56. The molecule has 2 heterocycles. The SMILES string of the molecule is COc1ccc([C@H]2/C(=C(\O)c3ccccc3)C(=O)C(=O)N2c2nnc(SC)s2)cc1. The van der Waals surface area contributed by atoms with Crippen LogP contribution in [0.25, 0.3) is 5.76 Å². The molecule has 4 rings (SSSR count). The summed E-state index contributed by atoms with van der Waals surface area (Å²) in [7, 11) is 1.56. The third kappa shape index (κ3) is 3.46. The minimum atomic E-state index is -0.834. The van der Waals surface area contributed by atoms with Crippen molar-refractivity contribution >= 4 is 45.7 Å². The van der Waals surface area contributed by atoms with Crippen LogP contribution in [-0.2, 0) is 9.59 Å². The average molecular weight is 440 g/mol. The van der Waals surface area contributed by atoms with Gasteiger partial charge in [-0.3, -0.25) is 14.5 Å². The van der Waals surface area contributed by atoms with E-state index in [4.69, 9.17) is 4.74 Å². The van der Waals surface area contributed by atoms with Gasteiger partial charge >= 0.3 is 5.91 Å². The van der Waals surface area contributed by atoms with Crippen molar-refractivity contribution in [1.29, 1.82) is 0 Å². The molecule has 1 fully saturated rings. The highest BCUT2D eigenvalue weighted by atomic mass is 32.2. The molecule has 152 valence electrons. The van der Waals surface area contributed by atoms with E-state index >= 15 is 0 Å². The summed E-state index contributed by atoms with van der Waals surface area (Å²) in [5.41, 5.74) is 1.11. The van der Waals surface area contributed by atoms with E-state index in [1.54, 1.807) is 55.6 Å². The summed E-state index contributed by atoms with van der Waals surface area (Å²) in [6.07, 6.45) is 1.86. The number of carbonyl (C=O) groups is 2. The van der Waals surface area contributed by atoms with Gasteiger partial charge in [-0.05, 0) is 24.0 Å². The van der Waals surface area contributed by atoms with Crippen molar-refractivity contribution in [2.24, 2.45) is 0 Å². The summed E-state index contributed by atoms with van der Waals surface area (Å²) >= 11 is 2.62. The monoisotopic (exact) mass is 439 g/mol. The molecule has 30 heavy (non-hydrogen) atoms. The third-order valence-electron chi connectivity index (χ3n) is 4.70. The molecule has 1 aliphatic rings. The van der Waals surface area contributed by atoms with Crippen molar-refractivity contribution in [2.45, 2.75) is 10.4 Å². The zero-order chi connectivity index (χ0) is 21.3. The summed E-state index contributed by atoms with van der Waals surface area (Å²) in [5.74, 6) is -1.11. The Labute approximate surface area is 181 Å². The van der Waals surface area contributed by atoms with Crippen LogP contribution in [0.3, 0.4) is 0 Å². The van der Waals surface area contributed by atoms with Gasteiger partial charge in [-0.2, -0.15) is 0 Å². The van der Waals surface area contributed by atoms with E-state index in [0.29, 0.717) is 26.3 Å². The van der Waals surface area contributed by atoms with Crippen LogP contribution in [-0.4, -0.2) is 40.4 Å².